The minimum Gasteiger partial charge on any atom is -0.356 e. The summed E-state index contributed by atoms with van der Waals surface area (Å²) in [6.45, 7) is 4.47. The van der Waals surface area contributed by atoms with Gasteiger partial charge in [0.05, 0.1) is 18.4 Å². The number of benzene rings is 1. The van der Waals surface area contributed by atoms with Crippen molar-refractivity contribution in [3.8, 4) is 11.3 Å². The smallest absolute Gasteiger partial charge is 0.222 e. The summed E-state index contributed by atoms with van der Waals surface area (Å²) in [7, 11) is 3.79. The van der Waals surface area contributed by atoms with E-state index in [4.69, 9.17) is 0 Å². The van der Waals surface area contributed by atoms with Crippen molar-refractivity contribution in [1.82, 2.24) is 25.1 Å². The number of H-pyrrole nitrogens is 1. The van der Waals surface area contributed by atoms with Crippen molar-refractivity contribution in [2.45, 2.75) is 45.2 Å². The number of rotatable bonds is 8. The molecule has 1 aromatic carbocycles. The molecule has 1 fully saturated rings. The fourth-order valence-electron chi connectivity index (χ4n) is 3.88. The molecular weight excluding hydrogens is 364 g/mol. The van der Waals surface area contributed by atoms with E-state index in [0.29, 0.717) is 24.9 Å². The number of imidazole rings is 1. The minimum absolute atomic E-state index is 0.297. The van der Waals surface area contributed by atoms with Crippen LogP contribution in [0.25, 0.3) is 11.3 Å². The Kier molecular flexibility index (Phi) is 7.27. The number of nitrogens with zero attached hydrogens (tertiary/aromatic N) is 4. The van der Waals surface area contributed by atoms with Crippen LogP contribution in [0.1, 0.15) is 38.4 Å². The van der Waals surface area contributed by atoms with Crippen LogP contribution in [0.3, 0.4) is 0 Å². The zero-order valence-electron chi connectivity index (χ0n) is 17.7. The van der Waals surface area contributed by atoms with E-state index in [0.717, 1.165) is 55.4 Å². The fourth-order valence-corrected chi connectivity index (χ4v) is 3.88. The maximum atomic E-state index is 12.0. The minimum atomic E-state index is 0.297. The van der Waals surface area contributed by atoms with Gasteiger partial charge in [-0.1, -0.05) is 37.3 Å². The van der Waals surface area contributed by atoms with Crippen molar-refractivity contribution in [2.75, 3.05) is 27.2 Å². The lowest BCUT2D eigenvalue weighted by Crippen LogP contribution is -2.42. The first-order valence-corrected chi connectivity index (χ1v) is 10.4. The average Bonchev–Trinajstić information content (AvgIpc) is 3.38. The molecule has 1 unspecified atom stereocenters. The van der Waals surface area contributed by atoms with Crippen LogP contribution in [-0.2, 0) is 11.3 Å². The van der Waals surface area contributed by atoms with E-state index >= 15 is 0 Å². The molecule has 0 aliphatic carbocycles. The van der Waals surface area contributed by atoms with Crippen LogP contribution in [0.5, 0.6) is 0 Å². The lowest BCUT2D eigenvalue weighted by Gasteiger charge is -2.28. The van der Waals surface area contributed by atoms with Crippen molar-refractivity contribution in [3.63, 3.8) is 0 Å². The zero-order chi connectivity index (χ0) is 20.6. The van der Waals surface area contributed by atoms with E-state index in [1.807, 2.05) is 36.3 Å². The number of amides is 1. The standard InChI is InChI=1S/C22H32N6O/c1-4-18(28-14-8-11-21(28)29)12-13-24-22(23-2)27(3)16-20-25-15-19(26-20)17-9-6-5-7-10-17/h5-7,9-10,15,18H,4,8,11-14,16H2,1-3H3,(H,23,24)(H,25,26). The summed E-state index contributed by atoms with van der Waals surface area (Å²) in [5.74, 6) is 2.01. The highest BCUT2D eigenvalue weighted by molar-refractivity contribution is 5.79. The molecule has 0 bridgehead atoms. The lowest BCUT2D eigenvalue weighted by atomic mass is 10.1. The van der Waals surface area contributed by atoms with Gasteiger partial charge in [-0.2, -0.15) is 0 Å². The third-order valence-electron chi connectivity index (χ3n) is 5.46. The molecule has 156 valence electrons. The molecule has 1 aliphatic rings. The molecule has 1 saturated heterocycles. The molecule has 1 aromatic heterocycles. The van der Waals surface area contributed by atoms with Crippen molar-refractivity contribution in [1.29, 1.82) is 0 Å². The second kappa shape index (κ2) is 10.1. The van der Waals surface area contributed by atoms with Gasteiger partial charge >= 0.3 is 0 Å². The normalized spacial score (nSPS) is 15.6. The Hall–Kier alpha value is -2.83. The van der Waals surface area contributed by atoms with E-state index in [1.54, 1.807) is 7.05 Å². The van der Waals surface area contributed by atoms with Gasteiger partial charge in [0.25, 0.3) is 0 Å². The number of guanidine groups is 1. The number of likely N-dealkylation sites (tertiary alicyclic amines) is 1. The maximum Gasteiger partial charge on any atom is 0.222 e. The van der Waals surface area contributed by atoms with Crippen LogP contribution in [0.4, 0.5) is 0 Å². The van der Waals surface area contributed by atoms with Crippen LogP contribution in [0, 0.1) is 0 Å². The van der Waals surface area contributed by atoms with Crippen molar-refractivity contribution >= 4 is 11.9 Å². The number of carbonyl (C=O) groups excluding carboxylic acids is 1. The monoisotopic (exact) mass is 396 g/mol. The van der Waals surface area contributed by atoms with Gasteiger partial charge in [0.15, 0.2) is 5.96 Å². The summed E-state index contributed by atoms with van der Waals surface area (Å²) in [6, 6.07) is 10.5. The van der Waals surface area contributed by atoms with Gasteiger partial charge < -0.3 is 20.1 Å². The van der Waals surface area contributed by atoms with Gasteiger partial charge in [-0.05, 0) is 24.8 Å². The summed E-state index contributed by atoms with van der Waals surface area (Å²) in [6.07, 6.45) is 5.46. The second-order valence-electron chi connectivity index (χ2n) is 7.48. The molecule has 29 heavy (non-hydrogen) atoms. The molecule has 2 heterocycles. The van der Waals surface area contributed by atoms with Crippen molar-refractivity contribution in [3.05, 3.63) is 42.4 Å². The second-order valence-corrected chi connectivity index (χ2v) is 7.48. The molecule has 2 N–H and O–H groups in total. The van der Waals surface area contributed by atoms with E-state index in [2.05, 4.69) is 44.2 Å². The van der Waals surface area contributed by atoms with Crippen molar-refractivity contribution < 1.29 is 4.79 Å². The predicted molar refractivity (Wildman–Crippen MR) is 116 cm³/mol. The maximum absolute atomic E-state index is 12.0. The van der Waals surface area contributed by atoms with E-state index in [-0.39, 0.29) is 0 Å². The topological polar surface area (TPSA) is 76.6 Å². The van der Waals surface area contributed by atoms with Crippen LogP contribution in [0.2, 0.25) is 0 Å². The largest absolute Gasteiger partial charge is 0.356 e. The Labute approximate surface area is 173 Å². The highest BCUT2D eigenvalue weighted by Crippen LogP contribution is 2.18. The van der Waals surface area contributed by atoms with Gasteiger partial charge in [0.2, 0.25) is 5.91 Å². The first-order chi connectivity index (χ1) is 14.1. The van der Waals surface area contributed by atoms with E-state index < -0.39 is 0 Å². The number of aliphatic imine (C=N–C) groups is 1. The molecule has 1 aliphatic heterocycles. The molecule has 0 spiro atoms. The quantitative estimate of drug-likeness (QED) is 0.531. The average molecular weight is 397 g/mol. The summed E-state index contributed by atoms with van der Waals surface area (Å²) >= 11 is 0. The third-order valence-corrected chi connectivity index (χ3v) is 5.46. The summed E-state index contributed by atoms with van der Waals surface area (Å²) in [5, 5.41) is 3.43. The molecule has 7 nitrogen and oxygen atoms in total. The fraction of sp³-hybridized carbons (Fsp3) is 0.500. The lowest BCUT2D eigenvalue weighted by molar-refractivity contribution is -0.129. The number of hydrogen-bond acceptors (Lipinski definition) is 3. The molecule has 3 rings (SSSR count). The third kappa shape index (κ3) is 5.37. The molecule has 0 radical (unpaired) electrons. The number of carbonyl (C=O) groups is 1. The number of nitrogens with one attached hydrogen (secondary N) is 2. The van der Waals surface area contributed by atoms with Crippen LogP contribution >= 0.6 is 0 Å². The Balaban J connectivity index is 1.51. The molecule has 2 aromatic rings. The summed E-state index contributed by atoms with van der Waals surface area (Å²) < 4.78 is 0. The SMILES string of the molecule is CCC(CCNC(=NC)N(C)Cc1ncc(-c2ccccc2)[nH]1)N1CCCC1=O. The van der Waals surface area contributed by atoms with E-state index in [9.17, 15) is 4.79 Å². The first kappa shape index (κ1) is 20.9. The van der Waals surface area contributed by atoms with Gasteiger partial charge in [0.1, 0.15) is 5.82 Å². The van der Waals surface area contributed by atoms with Gasteiger partial charge in [-0.25, -0.2) is 4.98 Å². The Morgan fingerprint density at radius 1 is 1.38 bits per heavy atom. The molecule has 0 saturated carbocycles. The summed E-state index contributed by atoms with van der Waals surface area (Å²) in [5.41, 5.74) is 2.14. The van der Waals surface area contributed by atoms with E-state index in [1.165, 1.54) is 0 Å². The molecular formula is C22H32N6O. The molecule has 1 amide bonds. The number of aromatic nitrogens is 2. The Bertz CT molecular complexity index is 816. The number of hydrogen-bond donors (Lipinski definition) is 2. The Morgan fingerprint density at radius 3 is 2.83 bits per heavy atom. The van der Waals surface area contributed by atoms with Crippen LogP contribution in [0.15, 0.2) is 41.5 Å². The number of aromatic amines is 1. The predicted octanol–water partition coefficient (Wildman–Crippen LogP) is 2.88. The highest BCUT2D eigenvalue weighted by atomic mass is 16.2. The zero-order valence-corrected chi connectivity index (χ0v) is 17.7. The van der Waals surface area contributed by atoms with Crippen LogP contribution < -0.4 is 5.32 Å². The molecule has 1 atom stereocenters. The molecule has 7 heteroatoms. The van der Waals surface area contributed by atoms with Gasteiger partial charge in [-0.15, -0.1) is 0 Å². The van der Waals surface area contributed by atoms with Gasteiger partial charge in [0, 0.05) is 39.6 Å². The van der Waals surface area contributed by atoms with Crippen molar-refractivity contribution in [2.24, 2.45) is 4.99 Å². The summed E-state index contributed by atoms with van der Waals surface area (Å²) in [4.78, 5) is 28.4. The first-order valence-electron chi connectivity index (χ1n) is 10.4. The highest BCUT2D eigenvalue weighted by Gasteiger charge is 2.26. The van der Waals surface area contributed by atoms with Gasteiger partial charge in [-0.3, -0.25) is 9.79 Å². The van der Waals surface area contributed by atoms with Crippen LogP contribution in [-0.4, -0.2) is 64.9 Å². The Morgan fingerprint density at radius 2 is 2.17 bits per heavy atom.